The van der Waals surface area contributed by atoms with E-state index in [1.54, 1.807) is 0 Å². The summed E-state index contributed by atoms with van der Waals surface area (Å²) in [6, 6.07) is 10.4. The molecule has 0 heterocycles. The first-order valence-electron chi connectivity index (χ1n) is 5.66. The molecule has 1 nitrogen and oxygen atoms in total. The molecule has 15 heavy (non-hydrogen) atoms. The van der Waals surface area contributed by atoms with Gasteiger partial charge in [-0.2, -0.15) is 0 Å². The summed E-state index contributed by atoms with van der Waals surface area (Å²) in [4.78, 5) is 0. The van der Waals surface area contributed by atoms with Gasteiger partial charge in [0.2, 0.25) is 0 Å². The van der Waals surface area contributed by atoms with Crippen LogP contribution in [0.4, 0.5) is 0 Å². The van der Waals surface area contributed by atoms with Gasteiger partial charge in [-0.05, 0) is 18.4 Å². The third-order valence-electron chi connectivity index (χ3n) is 2.93. The van der Waals surface area contributed by atoms with Crippen molar-refractivity contribution in [2.24, 2.45) is 0 Å². The SMILES string of the molecule is I[C@@H]1CCCC[C@H]1OCc1ccccc1. The molecule has 1 aromatic rings. The van der Waals surface area contributed by atoms with Crippen molar-refractivity contribution in [1.29, 1.82) is 0 Å². The van der Waals surface area contributed by atoms with Crippen LogP contribution in [-0.4, -0.2) is 10.0 Å². The summed E-state index contributed by atoms with van der Waals surface area (Å²) in [5.41, 5.74) is 1.28. The molecule has 1 saturated carbocycles. The van der Waals surface area contributed by atoms with Gasteiger partial charge in [-0.25, -0.2) is 0 Å². The number of rotatable bonds is 3. The molecule has 0 bridgehead atoms. The maximum Gasteiger partial charge on any atom is 0.0721 e. The minimum atomic E-state index is 0.472. The third kappa shape index (κ3) is 3.45. The van der Waals surface area contributed by atoms with Crippen LogP contribution in [-0.2, 0) is 11.3 Å². The molecule has 2 heteroatoms. The van der Waals surface area contributed by atoms with E-state index < -0.39 is 0 Å². The molecule has 0 saturated heterocycles. The summed E-state index contributed by atoms with van der Waals surface area (Å²) in [6.07, 6.45) is 5.73. The number of halogens is 1. The van der Waals surface area contributed by atoms with E-state index in [-0.39, 0.29) is 0 Å². The fourth-order valence-electron chi connectivity index (χ4n) is 2.02. The van der Waals surface area contributed by atoms with Crippen LogP contribution in [0.1, 0.15) is 31.2 Å². The van der Waals surface area contributed by atoms with E-state index in [4.69, 9.17) is 4.74 Å². The maximum absolute atomic E-state index is 5.97. The van der Waals surface area contributed by atoms with Gasteiger partial charge in [0.05, 0.1) is 12.7 Å². The van der Waals surface area contributed by atoms with E-state index in [9.17, 15) is 0 Å². The second-order valence-electron chi connectivity index (χ2n) is 4.14. The number of alkyl halides is 1. The molecule has 1 fully saturated rings. The van der Waals surface area contributed by atoms with Crippen LogP contribution >= 0.6 is 22.6 Å². The Labute approximate surface area is 105 Å². The van der Waals surface area contributed by atoms with E-state index in [1.165, 1.54) is 31.2 Å². The highest BCUT2D eigenvalue weighted by Gasteiger charge is 2.22. The second-order valence-corrected chi connectivity index (χ2v) is 5.74. The van der Waals surface area contributed by atoms with Crippen LogP contribution in [0.5, 0.6) is 0 Å². The van der Waals surface area contributed by atoms with E-state index >= 15 is 0 Å². The minimum Gasteiger partial charge on any atom is -0.372 e. The Morgan fingerprint density at radius 1 is 1.13 bits per heavy atom. The average Bonchev–Trinajstić information content (AvgIpc) is 2.29. The summed E-state index contributed by atoms with van der Waals surface area (Å²) < 4.78 is 6.68. The van der Waals surface area contributed by atoms with Gasteiger partial charge in [0.25, 0.3) is 0 Å². The topological polar surface area (TPSA) is 9.23 Å². The van der Waals surface area contributed by atoms with Crippen molar-refractivity contribution in [3.63, 3.8) is 0 Å². The zero-order chi connectivity index (χ0) is 10.5. The Balaban J connectivity index is 1.82. The molecular weight excluding hydrogens is 299 g/mol. The highest BCUT2D eigenvalue weighted by Crippen LogP contribution is 2.27. The summed E-state index contributed by atoms with van der Waals surface area (Å²) in [7, 11) is 0. The van der Waals surface area contributed by atoms with Gasteiger partial charge in [0.1, 0.15) is 0 Å². The van der Waals surface area contributed by atoms with Crippen molar-refractivity contribution < 1.29 is 4.74 Å². The van der Waals surface area contributed by atoms with Crippen molar-refractivity contribution in [3.05, 3.63) is 35.9 Å². The molecule has 2 atom stereocenters. The van der Waals surface area contributed by atoms with Gasteiger partial charge >= 0.3 is 0 Å². The Kier molecular flexibility index (Phi) is 4.44. The lowest BCUT2D eigenvalue weighted by Crippen LogP contribution is -2.27. The zero-order valence-electron chi connectivity index (χ0n) is 8.86. The van der Waals surface area contributed by atoms with Gasteiger partial charge in [0.15, 0.2) is 0 Å². The second kappa shape index (κ2) is 5.85. The van der Waals surface area contributed by atoms with E-state index in [1.807, 2.05) is 6.07 Å². The molecule has 0 aliphatic heterocycles. The predicted molar refractivity (Wildman–Crippen MR) is 71.3 cm³/mol. The Morgan fingerprint density at radius 2 is 1.87 bits per heavy atom. The lowest BCUT2D eigenvalue weighted by atomic mass is 9.98. The summed E-state index contributed by atoms with van der Waals surface area (Å²) >= 11 is 2.54. The fraction of sp³-hybridized carbons (Fsp3) is 0.538. The molecule has 1 aromatic carbocycles. The normalized spacial score (nSPS) is 26.5. The first kappa shape index (κ1) is 11.4. The summed E-state index contributed by atoms with van der Waals surface area (Å²) in [5.74, 6) is 0. The first-order valence-corrected chi connectivity index (χ1v) is 6.90. The molecule has 1 aliphatic carbocycles. The minimum absolute atomic E-state index is 0.472. The van der Waals surface area contributed by atoms with E-state index in [2.05, 4.69) is 46.9 Å². The van der Waals surface area contributed by atoms with Crippen LogP contribution in [0.15, 0.2) is 30.3 Å². The van der Waals surface area contributed by atoms with Gasteiger partial charge in [-0.3, -0.25) is 0 Å². The number of hydrogen-bond acceptors (Lipinski definition) is 1. The van der Waals surface area contributed by atoms with Crippen LogP contribution in [0, 0.1) is 0 Å². The van der Waals surface area contributed by atoms with Gasteiger partial charge in [-0.1, -0.05) is 65.8 Å². The molecule has 2 rings (SSSR count). The molecule has 0 N–H and O–H groups in total. The summed E-state index contributed by atoms with van der Waals surface area (Å²) in [6.45, 7) is 0.769. The maximum atomic E-state index is 5.97. The quantitative estimate of drug-likeness (QED) is 0.606. The van der Waals surface area contributed by atoms with Crippen LogP contribution in [0.3, 0.4) is 0 Å². The van der Waals surface area contributed by atoms with Crippen LogP contribution in [0.25, 0.3) is 0 Å². The average molecular weight is 316 g/mol. The largest absolute Gasteiger partial charge is 0.372 e. The molecule has 0 amide bonds. The van der Waals surface area contributed by atoms with Gasteiger partial charge in [-0.15, -0.1) is 0 Å². The fourth-order valence-corrected chi connectivity index (χ4v) is 3.02. The number of benzene rings is 1. The third-order valence-corrected chi connectivity index (χ3v) is 4.35. The molecule has 82 valence electrons. The predicted octanol–water partition coefficient (Wildman–Crippen LogP) is 3.95. The first-order chi connectivity index (χ1) is 7.36. The highest BCUT2D eigenvalue weighted by molar-refractivity contribution is 14.1. The van der Waals surface area contributed by atoms with E-state index in [0.717, 1.165) is 6.61 Å². The highest BCUT2D eigenvalue weighted by atomic mass is 127. The van der Waals surface area contributed by atoms with Crippen molar-refractivity contribution in [2.45, 2.75) is 42.3 Å². The van der Waals surface area contributed by atoms with Crippen molar-refractivity contribution >= 4 is 22.6 Å². The van der Waals surface area contributed by atoms with Crippen LogP contribution < -0.4 is 0 Å². The molecule has 0 unspecified atom stereocenters. The number of hydrogen-bond donors (Lipinski definition) is 0. The van der Waals surface area contributed by atoms with Gasteiger partial charge in [0, 0.05) is 3.92 Å². The lowest BCUT2D eigenvalue weighted by Gasteiger charge is -2.27. The van der Waals surface area contributed by atoms with Crippen LogP contribution in [0.2, 0.25) is 0 Å². The molecule has 0 radical (unpaired) electrons. The molecule has 1 aliphatic rings. The molecular formula is C13H17IO. The number of ether oxygens (including phenoxy) is 1. The molecule has 0 spiro atoms. The van der Waals surface area contributed by atoms with E-state index in [0.29, 0.717) is 10.0 Å². The Hall–Kier alpha value is -0.0900. The van der Waals surface area contributed by atoms with Crippen molar-refractivity contribution in [1.82, 2.24) is 0 Å². The standard InChI is InChI=1S/C13H17IO/c14-12-8-4-5-9-13(12)15-10-11-6-2-1-3-7-11/h1-3,6-7,12-13H,4-5,8-10H2/t12-,13-/m1/s1. The van der Waals surface area contributed by atoms with Crippen molar-refractivity contribution in [3.8, 4) is 0 Å². The summed E-state index contributed by atoms with van der Waals surface area (Å²) in [5, 5.41) is 0. The van der Waals surface area contributed by atoms with Gasteiger partial charge < -0.3 is 4.74 Å². The molecule has 0 aromatic heterocycles. The smallest absolute Gasteiger partial charge is 0.0721 e. The Bertz CT molecular complexity index is 286. The lowest BCUT2D eigenvalue weighted by molar-refractivity contribution is 0.0246. The monoisotopic (exact) mass is 316 g/mol. The zero-order valence-corrected chi connectivity index (χ0v) is 11.0. The Morgan fingerprint density at radius 3 is 2.60 bits per heavy atom. The van der Waals surface area contributed by atoms with Crippen molar-refractivity contribution in [2.75, 3.05) is 0 Å².